The number of hydrogen-bond acceptors (Lipinski definition) is 9. The lowest BCUT2D eigenvalue weighted by Gasteiger charge is -2.22. The van der Waals surface area contributed by atoms with Crippen LogP contribution in [0.4, 0.5) is 9.52 Å². The molecule has 0 radical (unpaired) electrons. The predicted molar refractivity (Wildman–Crippen MR) is 147 cm³/mol. The molecule has 1 aliphatic rings. The van der Waals surface area contributed by atoms with Crippen LogP contribution in [0.3, 0.4) is 0 Å². The summed E-state index contributed by atoms with van der Waals surface area (Å²) in [5.74, 6) is -1.32. The summed E-state index contributed by atoms with van der Waals surface area (Å²) in [6.45, 7) is 2.56. The maximum absolute atomic E-state index is 14.1. The van der Waals surface area contributed by atoms with Crippen LogP contribution in [0.25, 0.3) is 5.76 Å². The van der Waals surface area contributed by atoms with Gasteiger partial charge < -0.3 is 9.84 Å². The first-order valence-electron chi connectivity index (χ1n) is 12.1. The van der Waals surface area contributed by atoms with E-state index in [1.54, 1.807) is 54.6 Å². The zero-order valence-electron chi connectivity index (χ0n) is 20.8. The number of anilines is 1. The Balaban J connectivity index is 1.52. The highest BCUT2D eigenvalue weighted by atomic mass is 32.2. The molecule has 11 heteroatoms. The molecule has 5 rings (SSSR count). The van der Waals surface area contributed by atoms with Crippen molar-refractivity contribution in [2.75, 3.05) is 11.5 Å². The highest BCUT2D eigenvalue weighted by Crippen LogP contribution is 2.44. The molecule has 1 saturated heterocycles. The third kappa shape index (κ3) is 5.55. The molecule has 0 aliphatic carbocycles. The van der Waals surface area contributed by atoms with Gasteiger partial charge in [0.1, 0.15) is 17.3 Å². The largest absolute Gasteiger partial charge is 0.507 e. The van der Waals surface area contributed by atoms with Crippen LogP contribution in [0.1, 0.15) is 36.1 Å². The minimum Gasteiger partial charge on any atom is -0.507 e. The third-order valence-corrected chi connectivity index (χ3v) is 8.08. The summed E-state index contributed by atoms with van der Waals surface area (Å²) in [7, 11) is 0. The molecular weight excluding hydrogens is 539 g/mol. The number of carbonyl (C=O) groups excluding carboxylic acids is 2. The summed E-state index contributed by atoms with van der Waals surface area (Å²) in [6, 6.07) is 15.7. The lowest BCUT2D eigenvalue weighted by atomic mass is 9.95. The second kappa shape index (κ2) is 11.7. The van der Waals surface area contributed by atoms with Crippen molar-refractivity contribution in [3.8, 4) is 5.75 Å². The Kier molecular flexibility index (Phi) is 7.99. The van der Waals surface area contributed by atoms with Crippen LogP contribution < -0.4 is 9.64 Å². The molecule has 1 unspecified atom stereocenters. The molecule has 0 spiro atoms. The molecule has 1 N–H and O–H groups in total. The average molecular weight is 563 g/mol. The van der Waals surface area contributed by atoms with Gasteiger partial charge in [-0.25, -0.2) is 4.39 Å². The van der Waals surface area contributed by atoms with E-state index in [-0.39, 0.29) is 22.3 Å². The topological polar surface area (TPSA) is 106 Å². The number of ketones is 1. The Bertz CT molecular complexity index is 1530. The van der Waals surface area contributed by atoms with Crippen molar-refractivity contribution in [1.29, 1.82) is 0 Å². The van der Waals surface area contributed by atoms with Crippen molar-refractivity contribution >= 4 is 45.7 Å². The number of aliphatic hydroxyl groups is 1. The van der Waals surface area contributed by atoms with Crippen LogP contribution in [0, 0.1) is 5.82 Å². The lowest BCUT2D eigenvalue weighted by Crippen LogP contribution is -2.29. The molecule has 2 aromatic heterocycles. The van der Waals surface area contributed by atoms with Crippen LogP contribution in [0.2, 0.25) is 0 Å². The molecule has 1 atom stereocenters. The first-order chi connectivity index (χ1) is 19.0. The van der Waals surface area contributed by atoms with Gasteiger partial charge in [-0.3, -0.25) is 19.5 Å². The Labute approximate surface area is 232 Å². The van der Waals surface area contributed by atoms with Gasteiger partial charge in [-0.05, 0) is 47.9 Å². The van der Waals surface area contributed by atoms with Crippen molar-refractivity contribution in [3.05, 3.63) is 101 Å². The van der Waals surface area contributed by atoms with Gasteiger partial charge in [0.2, 0.25) is 5.13 Å². The number of halogens is 1. The number of amides is 1. The average Bonchev–Trinajstić information content (AvgIpc) is 3.53. The van der Waals surface area contributed by atoms with Crippen molar-refractivity contribution in [1.82, 2.24) is 15.2 Å². The van der Waals surface area contributed by atoms with Crippen LogP contribution in [0.15, 0.2) is 83.0 Å². The predicted octanol–water partition coefficient (Wildman–Crippen LogP) is 5.78. The number of ether oxygens (including phenoxy) is 1. The zero-order valence-corrected chi connectivity index (χ0v) is 22.4. The molecule has 0 saturated carbocycles. The second-order valence-electron chi connectivity index (χ2n) is 8.55. The van der Waals surface area contributed by atoms with E-state index in [1.807, 2.05) is 6.92 Å². The van der Waals surface area contributed by atoms with Gasteiger partial charge in [0.05, 0.1) is 18.2 Å². The van der Waals surface area contributed by atoms with Crippen LogP contribution in [-0.4, -0.2) is 38.6 Å². The van der Waals surface area contributed by atoms with E-state index in [0.717, 1.165) is 17.8 Å². The fourth-order valence-corrected chi connectivity index (χ4v) is 5.94. The molecule has 2 aromatic carbocycles. The van der Waals surface area contributed by atoms with E-state index in [2.05, 4.69) is 15.2 Å². The minimum absolute atomic E-state index is 0.0656. The Morgan fingerprint density at radius 1 is 1.08 bits per heavy atom. The van der Waals surface area contributed by atoms with Gasteiger partial charge in [0.25, 0.3) is 5.78 Å². The first-order valence-corrected chi connectivity index (χ1v) is 13.9. The van der Waals surface area contributed by atoms with Crippen molar-refractivity contribution in [2.45, 2.75) is 29.5 Å². The number of hydrogen-bond donors (Lipinski definition) is 1. The smallest absolute Gasteiger partial charge is 0.301 e. The highest BCUT2D eigenvalue weighted by Gasteiger charge is 2.48. The summed E-state index contributed by atoms with van der Waals surface area (Å²) in [6.07, 6.45) is 3.83. The molecule has 4 aromatic rings. The summed E-state index contributed by atoms with van der Waals surface area (Å²) >= 11 is 2.39. The number of rotatable bonds is 9. The molecule has 1 fully saturated rings. The van der Waals surface area contributed by atoms with E-state index >= 15 is 0 Å². The first kappa shape index (κ1) is 26.5. The third-order valence-electron chi connectivity index (χ3n) is 5.98. The fourth-order valence-electron chi connectivity index (χ4n) is 4.09. The molecular formula is C28H23FN4O4S2. The Hall–Kier alpha value is -4.09. The zero-order chi connectivity index (χ0) is 27.4. The van der Waals surface area contributed by atoms with Gasteiger partial charge in [-0.2, -0.15) is 0 Å². The number of nitrogens with zero attached hydrogens (tertiary/aromatic N) is 4. The summed E-state index contributed by atoms with van der Waals surface area (Å²) in [5, 5.41) is 19.7. The van der Waals surface area contributed by atoms with E-state index < -0.39 is 17.7 Å². The number of pyridine rings is 1. The number of thioether (sulfide) groups is 1. The SMILES string of the molecule is CCCOc1ccc(C2C(=C(O)c3ccncc3)C(=O)C(=O)N2c2nnc(SCc3ccccc3F)s2)cc1. The maximum atomic E-state index is 14.1. The molecule has 1 amide bonds. The minimum atomic E-state index is -0.948. The quantitative estimate of drug-likeness (QED) is 0.0900. The van der Waals surface area contributed by atoms with Crippen molar-refractivity contribution in [2.24, 2.45) is 0 Å². The molecule has 3 heterocycles. The van der Waals surface area contributed by atoms with Crippen molar-refractivity contribution in [3.63, 3.8) is 0 Å². The number of aliphatic hydroxyl groups excluding tert-OH is 1. The number of carbonyl (C=O) groups is 2. The highest BCUT2D eigenvalue weighted by molar-refractivity contribution is 8.00. The number of Topliss-reactive ketones (excluding diaryl/α,β-unsaturated/α-hetero) is 1. The second-order valence-corrected chi connectivity index (χ2v) is 10.7. The molecule has 8 nitrogen and oxygen atoms in total. The van der Waals surface area contributed by atoms with Gasteiger partial charge in [-0.1, -0.05) is 60.4 Å². The Morgan fingerprint density at radius 2 is 1.82 bits per heavy atom. The lowest BCUT2D eigenvalue weighted by molar-refractivity contribution is -0.132. The molecule has 1 aliphatic heterocycles. The molecule has 39 heavy (non-hydrogen) atoms. The van der Waals surface area contributed by atoms with Gasteiger partial charge >= 0.3 is 5.91 Å². The summed E-state index contributed by atoms with van der Waals surface area (Å²) in [5.41, 5.74) is 1.39. The molecule has 0 bridgehead atoms. The monoisotopic (exact) mass is 562 g/mol. The number of aromatic nitrogens is 3. The standard InChI is InChI=1S/C28H23FN4O4S2/c1-2-15-37-20-9-7-17(8-10-20)23-22(24(34)18-11-13-30-14-12-18)25(35)26(36)33(23)27-31-32-28(39-27)38-16-19-5-3-4-6-21(19)29/h3-14,23,34H,2,15-16H2,1H3. The van der Waals surface area contributed by atoms with E-state index in [0.29, 0.717) is 39.1 Å². The Morgan fingerprint density at radius 3 is 2.54 bits per heavy atom. The van der Waals surface area contributed by atoms with Gasteiger partial charge in [-0.15, -0.1) is 10.2 Å². The maximum Gasteiger partial charge on any atom is 0.301 e. The summed E-state index contributed by atoms with van der Waals surface area (Å²) in [4.78, 5) is 31.9. The summed E-state index contributed by atoms with van der Waals surface area (Å²) < 4.78 is 20.2. The van der Waals surface area contributed by atoms with Crippen molar-refractivity contribution < 1.29 is 23.8 Å². The van der Waals surface area contributed by atoms with Gasteiger partial charge in [0, 0.05) is 23.7 Å². The van der Waals surface area contributed by atoms with E-state index in [1.165, 1.54) is 35.1 Å². The van der Waals surface area contributed by atoms with Crippen LogP contribution in [-0.2, 0) is 15.3 Å². The van der Waals surface area contributed by atoms with Crippen LogP contribution >= 0.6 is 23.1 Å². The van der Waals surface area contributed by atoms with Gasteiger partial charge in [0.15, 0.2) is 4.34 Å². The normalized spacial score (nSPS) is 16.6. The van der Waals surface area contributed by atoms with E-state index in [9.17, 15) is 19.1 Å². The number of benzene rings is 2. The van der Waals surface area contributed by atoms with Crippen LogP contribution in [0.5, 0.6) is 5.75 Å². The van der Waals surface area contributed by atoms with E-state index in [4.69, 9.17) is 4.74 Å². The fraction of sp³-hybridized carbons (Fsp3) is 0.179. The molecule has 198 valence electrons.